The zero-order chi connectivity index (χ0) is 25.3. The highest BCUT2D eigenvalue weighted by Gasteiger charge is 2.21. The Bertz CT molecular complexity index is 1370. The molecule has 1 aromatic heterocycles. The molecule has 3 aromatic carbocycles. The van der Waals surface area contributed by atoms with Crippen molar-refractivity contribution in [2.75, 3.05) is 5.32 Å². The first-order chi connectivity index (χ1) is 17.5. The van der Waals surface area contributed by atoms with Crippen LogP contribution in [0.3, 0.4) is 0 Å². The lowest BCUT2D eigenvalue weighted by Crippen LogP contribution is -2.44. The van der Waals surface area contributed by atoms with Gasteiger partial charge in [-0.25, -0.2) is 0 Å². The Balaban J connectivity index is 1.52. The molecule has 1 heterocycles. The summed E-state index contributed by atoms with van der Waals surface area (Å²) in [6, 6.07) is 20.1. The van der Waals surface area contributed by atoms with Gasteiger partial charge in [-0.3, -0.25) is 14.4 Å². The van der Waals surface area contributed by atoms with Crippen LogP contribution in [-0.4, -0.2) is 44.3 Å². The number of hydrogen-bond donors (Lipinski definition) is 2. The van der Waals surface area contributed by atoms with Gasteiger partial charge in [0.25, 0.3) is 0 Å². The van der Waals surface area contributed by atoms with Crippen molar-refractivity contribution >= 4 is 41.5 Å². The fourth-order valence-electron chi connectivity index (χ4n) is 3.46. The largest absolute Gasteiger partial charge is 0.340 e. The Kier molecular flexibility index (Phi) is 7.94. The van der Waals surface area contributed by atoms with Crippen LogP contribution < -0.4 is 10.6 Å². The van der Waals surface area contributed by atoms with Gasteiger partial charge < -0.3 is 10.6 Å². The molecule has 4 aromatic rings. The number of hydrogen-bond acceptors (Lipinski definition) is 6. The lowest BCUT2D eigenvalue weighted by molar-refractivity contribution is -0.123. The van der Waals surface area contributed by atoms with Crippen LogP contribution in [0.15, 0.2) is 85.2 Å². The number of nitrogens with one attached hydrogen (secondary N) is 2. The first-order valence-corrected chi connectivity index (χ1v) is 11.3. The van der Waals surface area contributed by atoms with Crippen LogP contribution in [-0.2, 0) is 16.0 Å². The summed E-state index contributed by atoms with van der Waals surface area (Å²) in [5, 5.41) is 17.2. The highest BCUT2D eigenvalue weighted by atomic mass is 35.5. The molecule has 0 spiro atoms. The molecular formula is C26H21ClN6O3. The third-order valence-corrected chi connectivity index (χ3v) is 5.46. The number of benzene rings is 3. The minimum Gasteiger partial charge on any atom is -0.340 e. The Hall–Kier alpha value is -4.63. The van der Waals surface area contributed by atoms with Crippen LogP contribution in [0.1, 0.15) is 21.5 Å². The smallest absolute Gasteiger partial charge is 0.247 e. The predicted molar refractivity (Wildman–Crippen MR) is 136 cm³/mol. The van der Waals surface area contributed by atoms with Gasteiger partial charge in [-0.1, -0.05) is 41.9 Å². The first-order valence-electron chi connectivity index (χ1n) is 10.9. The molecule has 0 radical (unpaired) electrons. The number of halogens is 1. The van der Waals surface area contributed by atoms with Crippen molar-refractivity contribution in [1.29, 1.82) is 0 Å². The van der Waals surface area contributed by atoms with Crippen LogP contribution >= 0.6 is 11.6 Å². The number of rotatable bonds is 9. The minimum atomic E-state index is -0.853. The van der Waals surface area contributed by atoms with E-state index < -0.39 is 17.9 Å². The van der Waals surface area contributed by atoms with Crippen molar-refractivity contribution < 1.29 is 14.4 Å². The summed E-state index contributed by atoms with van der Waals surface area (Å²) in [5.41, 5.74) is 3.14. The third kappa shape index (κ3) is 6.49. The maximum absolute atomic E-state index is 13.1. The number of amides is 2. The molecule has 0 fully saturated rings. The predicted octanol–water partition coefficient (Wildman–Crippen LogP) is 3.51. The maximum atomic E-state index is 13.1. The highest BCUT2D eigenvalue weighted by molar-refractivity contribution is 6.30. The summed E-state index contributed by atoms with van der Waals surface area (Å²) in [7, 11) is 0. The van der Waals surface area contributed by atoms with E-state index in [2.05, 4.69) is 26.2 Å². The van der Waals surface area contributed by atoms with Gasteiger partial charge in [0.05, 0.1) is 5.69 Å². The number of carbonyl (C=O) groups excluding carboxylic acids is 3. The topological polar surface area (TPSA) is 119 Å². The van der Waals surface area contributed by atoms with Crippen molar-refractivity contribution in [1.82, 2.24) is 25.5 Å². The molecule has 0 aliphatic rings. The van der Waals surface area contributed by atoms with Crippen molar-refractivity contribution in [3.05, 3.63) is 107 Å². The lowest BCUT2D eigenvalue weighted by atomic mass is 10.0. The number of nitrogens with zero attached hydrogens (tertiary/aromatic N) is 4. The summed E-state index contributed by atoms with van der Waals surface area (Å²) < 4.78 is 1.45. The van der Waals surface area contributed by atoms with Crippen molar-refractivity contribution in [2.45, 2.75) is 12.5 Å². The summed E-state index contributed by atoms with van der Waals surface area (Å²) in [4.78, 5) is 36.8. The van der Waals surface area contributed by atoms with E-state index in [-0.39, 0.29) is 6.42 Å². The van der Waals surface area contributed by atoms with Crippen LogP contribution in [0.4, 0.5) is 5.69 Å². The molecule has 0 aliphatic carbocycles. The summed E-state index contributed by atoms with van der Waals surface area (Å²) in [6.07, 6.45) is 5.34. The number of anilines is 1. The van der Waals surface area contributed by atoms with Gasteiger partial charge in [0.1, 0.15) is 18.7 Å². The van der Waals surface area contributed by atoms with E-state index >= 15 is 0 Å². The quantitative estimate of drug-likeness (QED) is 0.268. The van der Waals surface area contributed by atoms with E-state index in [1.807, 2.05) is 30.3 Å². The van der Waals surface area contributed by atoms with Crippen LogP contribution in [0.2, 0.25) is 5.02 Å². The standard InChI is InChI=1S/C26H21ClN6O3/c27-21-9-12-24(33-17-28-31-32-33)20(15-21)8-13-25(35)30-23(14-18-4-2-1-3-5-18)26(36)29-22-10-6-19(16-34)7-11-22/h1-13,15-17,23H,14H2,(H,29,36)(H,30,35)/b13-8+/t23-/m0/s1. The monoisotopic (exact) mass is 500 g/mol. The van der Waals surface area contributed by atoms with E-state index in [1.54, 1.807) is 48.5 Å². The number of carbonyl (C=O) groups is 3. The van der Waals surface area contributed by atoms with E-state index in [0.29, 0.717) is 27.5 Å². The fraction of sp³-hybridized carbons (Fsp3) is 0.0769. The maximum Gasteiger partial charge on any atom is 0.247 e. The number of aldehydes is 1. The highest BCUT2D eigenvalue weighted by Crippen LogP contribution is 2.20. The first kappa shape index (κ1) is 24.5. The van der Waals surface area contributed by atoms with Gasteiger partial charge in [0, 0.05) is 34.3 Å². The van der Waals surface area contributed by atoms with Gasteiger partial charge >= 0.3 is 0 Å². The Morgan fingerprint density at radius 2 is 1.81 bits per heavy atom. The Morgan fingerprint density at radius 1 is 1.03 bits per heavy atom. The summed E-state index contributed by atoms with van der Waals surface area (Å²) >= 11 is 6.14. The minimum absolute atomic E-state index is 0.283. The molecule has 36 heavy (non-hydrogen) atoms. The van der Waals surface area contributed by atoms with Gasteiger partial charge in [-0.2, -0.15) is 4.68 Å². The normalized spacial score (nSPS) is 11.7. The molecule has 1 atom stereocenters. The van der Waals surface area contributed by atoms with E-state index in [1.165, 1.54) is 17.1 Å². The number of aromatic nitrogens is 4. The Labute approximate surface area is 211 Å². The van der Waals surface area contributed by atoms with Gasteiger partial charge in [-0.15, -0.1) is 5.10 Å². The van der Waals surface area contributed by atoms with Crippen LogP contribution in [0, 0.1) is 0 Å². The lowest BCUT2D eigenvalue weighted by Gasteiger charge is -2.18. The summed E-state index contributed by atoms with van der Waals surface area (Å²) in [6.45, 7) is 0. The number of tetrazole rings is 1. The summed E-state index contributed by atoms with van der Waals surface area (Å²) in [5.74, 6) is -0.860. The van der Waals surface area contributed by atoms with Crippen LogP contribution in [0.5, 0.6) is 0 Å². The van der Waals surface area contributed by atoms with Gasteiger partial charge in [0.15, 0.2) is 0 Å². The average Bonchev–Trinajstić information content (AvgIpc) is 3.43. The molecule has 0 bridgehead atoms. The molecule has 9 nitrogen and oxygen atoms in total. The molecule has 0 aliphatic heterocycles. The molecule has 2 amide bonds. The third-order valence-electron chi connectivity index (χ3n) is 5.23. The Morgan fingerprint density at radius 3 is 2.50 bits per heavy atom. The van der Waals surface area contributed by atoms with E-state index in [9.17, 15) is 14.4 Å². The molecule has 10 heteroatoms. The zero-order valence-electron chi connectivity index (χ0n) is 18.9. The van der Waals surface area contributed by atoms with Crippen LogP contribution in [0.25, 0.3) is 11.8 Å². The van der Waals surface area contributed by atoms with E-state index in [0.717, 1.165) is 11.8 Å². The molecule has 0 saturated heterocycles. The second-order valence-electron chi connectivity index (χ2n) is 7.77. The fourth-order valence-corrected chi connectivity index (χ4v) is 3.64. The molecule has 0 unspecified atom stereocenters. The van der Waals surface area contributed by atoms with Crippen molar-refractivity contribution in [3.63, 3.8) is 0 Å². The van der Waals surface area contributed by atoms with Gasteiger partial charge in [-0.05, 0) is 64.5 Å². The molecular weight excluding hydrogens is 480 g/mol. The molecule has 2 N–H and O–H groups in total. The molecule has 4 rings (SSSR count). The second-order valence-corrected chi connectivity index (χ2v) is 8.21. The van der Waals surface area contributed by atoms with Gasteiger partial charge in [0.2, 0.25) is 11.8 Å². The SMILES string of the molecule is O=Cc1ccc(NC(=O)[C@H](Cc2ccccc2)NC(=O)/C=C/c2cc(Cl)ccc2-n2cnnn2)cc1. The van der Waals surface area contributed by atoms with Crippen molar-refractivity contribution in [2.24, 2.45) is 0 Å². The zero-order valence-corrected chi connectivity index (χ0v) is 19.7. The molecule has 180 valence electrons. The molecule has 0 saturated carbocycles. The van der Waals surface area contributed by atoms with Crippen molar-refractivity contribution in [3.8, 4) is 5.69 Å². The van der Waals surface area contributed by atoms with E-state index in [4.69, 9.17) is 11.6 Å². The average molecular weight is 501 g/mol. The second kappa shape index (κ2) is 11.7.